The molecule has 5 heteroatoms. The van der Waals surface area contributed by atoms with E-state index in [1.807, 2.05) is 6.92 Å². The van der Waals surface area contributed by atoms with Crippen molar-refractivity contribution in [1.29, 1.82) is 0 Å². The number of amides is 1. The van der Waals surface area contributed by atoms with Crippen molar-refractivity contribution in [3.63, 3.8) is 0 Å². The zero-order valence-electron chi connectivity index (χ0n) is 12.4. The minimum absolute atomic E-state index is 0.0400. The first-order valence-corrected chi connectivity index (χ1v) is 7.66. The zero-order chi connectivity index (χ0) is 15.2. The van der Waals surface area contributed by atoms with Crippen LogP contribution in [0.25, 0.3) is 0 Å². The minimum Gasteiger partial charge on any atom is -0.353 e. The van der Waals surface area contributed by atoms with Gasteiger partial charge in [0, 0.05) is 18.2 Å². The van der Waals surface area contributed by atoms with E-state index >= 15 is 0 Å². The molecule has 21 heavy (non-hydrogen) atoms. The molecule has 1 unspecified atom stereocenters. The maximum Gasteiger partial charge on any atom is 0.269 e. The largest absolute Gasteiger partial charge is 0.353 e. The quantitative estimate of drug-likeness (QED) is 0.666. The summed E-state index contributed by atoms with van der Waals surface area (Å²) < 4.78 is 0. The van der Waals surface area contributed by atoms with Crippen LogP contribution in [0.3, 0.4) is 0 Å². The van der Waals surface area contributed by atoms with Gasteiger partial charge in [0.1, 0.15) is 0 Å². The number of carbonyl (C=O) groups excluding carboxylic acids is 1. The average Bonchev–Trinajstić information content (AvgIpc) is 2.49. The van der Waals surface area contributed by atoms with Crippen LogP contribution >= 0.6 is 0 Å². The molecule has 0 heterocycles. The number of carbonyl (C=O) groups is 1. The van der Waals surface area contributed by atoms with E-state index in [4.69, 9.17) is 0 Å². The summed E-state index contributed by atoms with van der Waals surface area (Å²) in [7, 11) is 0. The van der Waals surface area contributed by atoms with Gasteiger partial charge in [-0.25, -0.2) is 0 Å². The molecule has 1 aliphatic rings. The van der Waals surface area contributed by atoms with Crippen molar-refractivity contribution in [3.05, 3.63) is 39.9 Å². The van der Waals surface area contributed by atoms with E-state index in [0.717, 1.165) is 18.4 Å². The van der Waals surface area contributed by atoms with Gasteiger partial charge in [0.25, 0.3) is 5.69 Å². The number of nitrogens with zero attached hydrogens (tertiary/aromatic N) is 1. The second-order valence-electron chi connectivity index (χ2n) is 5.65. The van der Waals surface area contributed by atoms with Gasteiger partial charge in [0.15, 0.2) is 0 Å². The molecular weight excluding hydrogens is 268 g/mol. The number of nitrogens with one attached hydrogen (secondary N) is 1. The van der Waals surface area contributed by atoms with Crippen LogP contribution in [0.2, 0.25) is 0 Å². The number of non-ortho nitro benzene ring substituents is 1. The van der Waals surface area contributed by atoms with Crippen molar-refractivity contribution in [2.45, 2.75) is 57.4 Å². The summed E-state index contributed by atoms with van der Waals surface area (Å²) in [4.78, 5) is 22.7. The Morgan fingerprint density at radius 3 is 2.43 bits per heavy atom. The van der Waals surface area contributed by atoms with Crippen LogP contribution < -0.4 is 5.32 Å². The second kappa shape index (κ2) is 7.20. The fraction of sp³-hybridized carbons (Fsp3) is 0.562. The normalized spacial score (nSPS) is 17.2. The number of hydrogen-bond acceptors (Lipinski definition) is 3. The van der Waals surface area contributed by atoms with Crippen molar-refractivity contribution in [1.82, 2.24) is 5.32 Å². The lowest BCUT2D eigenvalue weighted by molar-refractivity contribution is -0.384. The summed E-state index contributed by atoms with van der Waals surface area (Å²) in [6.45, 7) is 1.96. The zero-order valence-corrected chi connectivity index (χ0v) is 12.4. The molecule has 1 amide bonds. The van der Waals surface area contributed by atoms with Gasteiger partial charge in [-0.05, 0) is 24.8 Å². The van der Waals surface area contributed by atoms with Gasteiger partial charge in [-0.3, -0.25) is 14.9 Å². The Balaban J connectivity index is 2.03. The Hall–Kier alpha value is -1.91. The molecule has 5 nitrogen and oxygen atoms in total. The third-order valence-electron chi connectivity index (χ3n) is 4.18. The molecule has 0 radical (unpaired) electrons. The Kier molecular flexibility index (Phi) is 5.31. The SMILES string of the molecule is CCC(C(=O)NC1CCCCC1)c1ccc([N+](=O)[O-])cc1. The summed E-state index contributed by atoms with van der Waals surface area (Å²) in [5.74, 6) is -0.189. The smallest absolute Gasteiger partial charge is 0.269 e. The van der Waals surface area contributed by atoms with Crippen LogP contribution in [0.5, 0.6) is 0 Å². The summed E-state index contributed by atoms with van der Waals surface area (Å²) in [5.41, 5.74) is 0.901. The van der Waals surface area contributed by atoms with E-state index in [0.29, 0.717) is 12.5 Å². The Morgan fingerprint density at radius 1 is 1.29 bits per heavy atom. The van der Waals surface area contributed by atoms with Crippen molar-refractivity contribution in [2.75, 3.05) is 0 Å². The van der Waals surface area contributed by atoms with Gasteiger partial charge >= 0.3 is 0 Å². The molecular formula is C16H22N2O3. The van der Waals surface area contributed by atoms with E-state index in [9.17, 15) is 14.9 Å². The van der Waals surface area contributed by atoms with Crippen LogP contribution in [-0.4, -0.2) is 16.9 Å². The fourth-order valence-corrected chi connectivity index (χ4v) is 2.95. The molecule has 1 saturated carbocycles. The van der Waals surface area contributed by atoms with Gasteiger partial charge in [-0.2, -0.15) is 0 Å². The molecule has 0 spiro atoms. The minimum atomic E-state index is -0.424. The number of benzene rings is 1. The topological polar surface area (TPSA) is 72.2 Å². The van der Waals surface area contributed by atoms with Crippen LogP contribution in [0.1, 0.15) is 56.9 Å². The number of nitro groups is 1. The number of rotatable bonds is 5. The molecule has 0 saturated heterocycles. The molecule has 0 aromatic heterocycles. The molecule has 0 bridgehead atoms. The van der Waals surface area contributed by atoms with Crippen LogP contribution in [0, 0.1) is 10.1 Å². The predicted molar refractivity (Wildman–Crippen MR) is 81.1 cm³/mol. The van der Waals surface area contributed by atoms with E-state index in [1.54, 1.807) is 12.1 Å². The Bertz CT molecular complexity index is 493. The van der Waals surface area contributed by atoms with Crippen LogP contribution in [0.4, 0.5) is 5.69 Å². The predicted octanol–water partition coefficient (Wildman–Crippen LogP) is 3.54. The van der Waals surface area contributed by atoms with E-state index in [2.05, 4.69) is 5.32 Å². The number of hydrogen-bond donors (Lipinski definition) is 1. The lowest BCUT2D eigenvalue weighted by atomic mass is 9.92. The fourth-order valence-electron chi connectivity index (χ4n) is 2.95. The molecule has 1 atom stereocenters. The van der Waals surface area contributed by atoms with E-state index in [-0.39, 0.29) is 17.5 Å². The van der Waals surface area contributed by atoms with E-state index < -0.39 is 4.92 Å². The van der Waals surface area contributed by atoms with Crippen LogP contribution in [0.15, 0.2) is 24.3 Å². The van der Waals surface area contributed by atoms with E-state index in [1.165, 1.54) is 31.4 Å². The highest BCUT2D eigenvalue weighted by atomic mass is 16.6. The highest BCUT2D eigenvalue weighted by Gasteiger charge is 2.23. The first-order chi connectivity index (χ1) is 10.1. The van der Waals surface area contributed by atoms with Gasteiger partial charge < -0.3 is 5.32 Å². The monoisotopic (exact) mass is 290 g/mol. The van der Waals surface area contributed by atoms with Gasteiger partial charge in [0.05, 0.1) is 10.8 Å². The molecule has 0 aliphatic heterocycles. The first kappa shape index (κ1) is 15.5. The highest BCUT2D eigenvalue weighted by Crippen LogP contribution is 2.24. The first-order valence-electron chi connectivity index (χ1n) is 7.66. The molecule has 1 aromatic carbocycles. The van der Waals surface area contributed by atoms with Crippen LogP contribution in [-0.2, 0) is 4.79 Å². The molecule has 2 rings (SSSR count). The summed E-state index contributed by atoms with van der Waals surface area (Å²) >= 11 is 0. The summed E-state index contributed by atoms with van der Waals surface area (Å²) in [6.07, 6.45) is 6.42. The van der Waals surface area contributed by atoms with Crippen molar-refractivity contribution >= 4 is 11.6 Å². The highest BCUT2D eigenvalue weighted by molar-refractivity contribution is 5.83. The van der Waals surface area contributed by atoms with Gasteiger partial charge in [-0.15, -0.1) is 0 Å². The summed E-state index contributed by atoms with van der Waals surface area (Å²) in [5, 5.41) is 13.8. The third kappa shape index (κ3) is 4.03. The molecule has 1 aromatic rings. The van der Waals surface area contributed by atoms with Gasteiger partial charge in [-0.1, -0.05) is 38.3 Å². The maximum absolute atomic E-state index is 12.4. The summed E-state index contributed by atoms with van der Waals surface area (Å²) in [6, 6.07) is 6.59. The lowest BCUT2D eigenvalue weighted by Gasteiger charge is -2.25. The van der Waals surface area contributed by atoms with Crippen molar-refractivity contribution in [3.8, 4) is 0 Å². The molecule has 1 fully saturated rings. The third-order valence-corrected chi connectivity index (χ3v) is 4.18. The van der Waals surface area contributed by atoms with Crippen molar-refractivity contribution < 1.29 is 9.72 Å². The maximum atomic E-state index is 12.4. The van der Waals surface area contributed by atoms with Crippen molar-refractivity contribution in [2.24, 2.45) is 0 Å². The Morgan fingerprint density at radius 2 is 1.90 bits per heavy atom. The molecule has 114 valence electrons. The lowest BCUT2D eigenvalue weighted by Crippen LogP contribution is -2.39. The van der Waals surface area contributed by atoms with Gasteiger partial charge in [0.2, 0.25) is 5.91 Å². The molecule has 1 N–H and O–H groups in total. The molecule has 1 aliphatic carbocycles. The number of nitro benzene ring substituents is 1. The Labute approximate surface area is 124 Å². The second-order valence-corrected chi connectivity index (χ2v) is 5.65. The average molecular weight is 290 g/mol. The standard InChI is InChI=1S/C16H22N2O3/c1-2-15(12-8-10-14(11-9-12)18(20)21)16(19)17-13-6-4-3-5-7-13/h8-11,13,15H,2-7H2,1H3,(H,17,19).